The van der Waals surface area contributed by atoms with E-state index >= 15 is 0 Å². The summed E-state index contributed by atoms with van der Waals surface area (Å²) < 4.78 is 29.6. The molecule has 32 heteroatoms. The maximum atomic E-state index is 11.8. The van der Waals surface area contributed by atoms with Crippen LogP contribution in [0.4, 0.5) is 34.1 Å². The van der Waals surface area contributed by atoms with Gasteiger partial charge in [0, 0.05) is 73.6 Å². The van der Waals surface area contributed by atoms with E-state index in [9.17, 15) is 60.7 Å². The molecule has 0 bridgehead atoms. The molecule has 0 saturated carbocycles. The molecule has 0 fully saturated rings. The summed E-state index contributed by atoms with van der Waals surface area (Å²) in [5, 5.41) is 136. The van der Waals surface area contributed by atoms with Crippen molar-refractivity contribution >= 4 is 70.5 Å². The average molecular weight is 2170 g/mol. The van der Waals surface area contributed by atoms with E-state index in [-0.39, 0.29) is 276 Å². The average Bonchev–Trinajstić information content (AvgIpc) is 0.874. The predicted molar refractivity (Wildman–Crippen MR) is 422 cm³/mol. The Kier molecular flexibility index (Phi) is 58.0. The minimum Gasteiger partial charge on any atom is -0.871 e. The van der Waals surface area contributed by atoms with Gasteiger partial charge >= 0.3 is 162 Å². The minimum absolute atomic E-state index is 0. The molecular weight excluding hydrogens is 2090 g/mol. The standard InChI is InChI=1S/6C14H13NO3.2C2H3N.2H2O.4Sm/c6*1-18-13-8-4-5-10(14(13)17)9-15-11-6-2-3-7-12(11)16;2*1-2-3;;;;;;/h4*2-9,16-17H,1H3;2*2-9,15-16H,1H3;2*1H3;2*1H2;;;;/q;;;;;;;;;;4*+3/p-12/b;;;;2*10-9-;;;;;;;;. The molecule has 120 heavy (non-hydrogen) atoms. The number of Topliss-reactive ketones (excluding diaryl/α,β-unsaturated/α-hetero) is 2. The van der Waals surface area contributed by atoms with Gasteiger partial charge in [-0.25, -0.2) is 0 Å². The zero-order valence-corrected chi connectivity index (χ0v) is 75.7. The van der Waals surface area contributed by atoms with Crippen LogP contribution in [0.15, 0.2) is 310 Å². The van der Waals surface area contributed by atoms with Crippen molar-refractivity contribution in [2.45, 2.75) is 13.8 Å². The Morgan fingerprint density at radius 2 is 0.533 bits per heavy atom. The summed E-state index contributed by atoms with van der Waals surface area (Å²) in [5.74, 6) is -0.755. The van der Waals surface area contributed by atoms with Crippen molar-refractivity contribution in [1.82, 2.24) is 0 Å². The number of aliphatic imine (C=N–C) groups is 4. The molecular formula is C88H76N8O20Sm4. The van der Waals surface area contributed by atoms with Gasteiger partial charge in [-0.05, 0) is 107 Å². The number of para-hydroxylation sites is 16. The third kappa shape index (κ3) is 36.9. The first-order valence-corrected chi connectivity index (χ1v) is 33.7. The quantitative estimate of drug-likeness (QED) is 0.0595. The number of allylic oxidation sites excluding steroid dienone is 8. The van der Waals surface area contributed by atoms with Crippen LogP contribution in [0.5, 0.6) is 80.5 Å². The molecule has 4 radical (unpaired) electrons. The summed E-state index contributed by atoms with van der Waals surface area (Å²) in [4.78, 5) is 39.7. The monoisotopic (exact) mass is 2170 g/mol. The Morgan fingerprint density at radius 3 is 0.742 bits per heavy atom. The van der Waals surface area contributed by atoms with E-state index in [1.54, 1.807) is 231 Å². The maximum absolute atomic E-state index is 11.8. The molecule has 2 aliphatic rings. The van der Waals surface area contributed by atoms with Gasteiger partial charge in [0.2, 0.25) is 11.6 Å². The van der Waals surface area contributed by atoms with E-state index in [1.807, 2.05) is 0 Å². The van der Waals surface area contributed by atoms with Gasteiger partial charge in [-0.1, -0.05) is 227 Å². The second-order valence-corrected chi connectivity index (χ2v) is 22.2. The number of rotatable bonds is 18. The van der Waals surface area contributed by atoms with Crippen LogP contribution in [0, 0.1) is 184 Å². The third-order valence-electron chi connectivity index (χ3n) is 14.7. The Morgan fingerprint density at radius 1 is 0.317 bits per heavy atom. The van der Waals surface area contributed by atoms with E-state index in [2.05, 4.69) is 30.6 Å². The molecule has 0 spiro atoms. The number of ether oxygens (including phenoxy) is 6. The van der Waals surface area contributed by atoms with Gasteiger partial charge in [0.1, 0.15) is 23.0 Å². The van der Waals surface area contributed by atoms with Crippen molar-refractivity contribution in [3.63, 3.8) is 0 Å². The van der Waals surface area contributed by atoms with Crippen molar-refractivity contribution in [2.75, 3.05) is 53.3 Å². The summed E-state index contributed by atoms with van der Waals surface area (Å²) >= 11 is 0. The number of anilines is 2. The molecule has 612 valence electrons. The van der Waals surface area contributed by atoms with Crippen LogP contribution in [0.1, 0.15) is 36.1 Å². The number of carbonyl (C=O) groups is 2. The van der Waals surface area contributed by atoms with Gasteiger partial charge in [0.15, 0.2) is 11.5 Å². The molecule has 2 aliphatic carbocycles. The Labute approximate surface area is 824 Å². The first-order valence-electron chi connectivity index (χ1n) is 33.7. The first-order chi connectivity index (χ1) is 55.1. The van der Waals surface area contributed by atoms with Crippen molar-refractivity contribution in [3.05, 3.63) is 312 Å². The molecule has 12 rings (SSSR count). The van der Waals surface area contributed by atoms with Gasteiger partial charge in [-0.2, -0.15) is 10.5 Å². The van der Waals surface area contributed by atoms with Gasteiger partial charge in [0.25, 0.3) is 0 Å². The van der Waals surface area contributed by atoms with Crippen LogP contribution in [0.2, 0.25) is 0 Å². The maximum Gasteiger partial charge on any atom is 3.00 e. The van der Waals surface area contributed by atoms with E-state index in [1.165, 1.54) is 130 Å². The topological polar surface area (TPSA) is 501 Å². The number of hydrogen-bond donors (Lipinski definition) is 2. The molecule has 0 unspecified atom stereocenters. The normalized spacial score (nSPS) is 11.6. The smallest absolute Gasteiger partial charge is 0.871 e. The number of methoxy groups -OCH3 is 6. The second-order valence-electron chi connectivity index (χ2n) is 22.2. The minimum atomic E-state index is -0.243. The largest absolute Gasteiger partial charge is 3.00 e. The molecule has 0 aliphatic heterocycles. The summed E-state index contributed by atoms with van der Waals surface area (Å²) in [6, 6.07) is 61.8. The Bertz CT molecular complexity index is 4760. The molecule has 0 atom stereocenters. The molecule has 0 aromatic heterocycles. The molecule has 0 saturated heterocycles. The fraction of sp³-hybridized carbons (Fsp3) is 0.0909. The predicted octanol–water partition coefficient (Wildman–Crippen LogP) is 10.5. The molecule has 0 amide bonds. The first kappa shape index (κ1) is 111. The Hall–Kier alpha value is -10.7. The third-order valence-corrected chi connectivity index (χ3v) is 14.7. The number of benzene rings is 10. The van der Waals surface area contributed by atoms with E-state index in [0.717, 1.165) is 0 Å². The summed E-state index contributed by atoms with van der Waals surface area (Å²) in [7, 11) is 8.63. The van der Waals surface area contributed by atoms with Crippen molar-refractivity contribution in [2.24, 2.45) is 20.0 Å². The summed E-state index contributed by atoms with van der Waals surface area (Å²) in [6.45, 7) is 2.86. The Balaban J connectivity index is 0. The molecule has 10 aromatic carbocycles. The SMILES string of the molecule is CC#N.CC#N.COC1=CC=C/C(=C/Nc2ccccc2[O-])C1=O.COC1=CC=C/C(=C/Nc2ccccc2[O-])C1=O.COc1cccc(C=Nc2ccccc2[O-])c1[O-].COc1cccc(C=Nc2ccccc2[O-])c1[O-].COc1cccc(C=Nc2ccccc2[O-])c1[O-].COc1cccc(C=Nc2ccccc2[O-])c1[O-].[OH-].[OH-].[Sm+3].[Sm+3].[Sm+3].[Sm+3]. The van der Waals surface area contributed by atoms with Gasteiger partial charge in [0.05, 0.1) is 77.5 Å². The van der Waals surface area contributed by atoms with Crippen LogP contribution in [0.3, 0.4) is 0 Å². The number of nitriles is 2. The number of carbonyl (C=O) groups excluding carboxylic acids is 2. The number of nitrogens with zero attached hydrogens (tertiary/aromatic N) is 6. The van der Waals surface area contributed by atoms with E-state index < -0.39 is 0 Å². The van der Waals surface area contributed by atoms with Gasteiger partial charge in [-0.3, -0.25) is 29.6 Å². The summed E-state index contributed by atoms with van der Waals surface area (Å²) in [5.41, 5.74) is 4.51. The molecule has 0 heterocycles. The van der Waals surface area contributed by atoms with Crippen molar-refractivity contribution in [1.29, 1.82) is 10.5 Å². The number of hydrogen-bond acceptors (Lipinski definition) is 28. The molecule has 4 N–H and O–H groups in total. The molecule has 10 aromatic rings. The van der Waals surface area contributed by atoms with E-state index in [0.29, 0.717) is 67.5 Å². The fourth-order valence-electron chi connectivity index (χ4n) is 9.09. The second kappa shape index (κ2) is 62.5. The van der Waals surface area contributed by atoms with Crippen molar-refractivity contribution < 1.29 is 262 Å². The zero-order valence-electron chi connectivity index (χ0n) is 65.3. The van der Waals surface area contributed by atoms with Gasteiger partial charge in [-0.15, -0.1) is 0 Å². The van der Waals surface area contributed by atoms with E-state index in [4.69, 9.17) is 38.9 Å². The number of ketones is 2. The number of nitrogens with one attached hydrogen (secondary N) is 2. The zero-order chi connectivity index (χ0) is 83.2. The molecule has 28 nitrogen and oxygen atoms in total. The van der Waals surface area contributed by atoms with Crippen LogP contribution in [0.25, 0.3) is 0 Å². The van der Waals surface area contributed by atoms with Crippen LogP contribution >= 0.6 is 0 Å². The van der Waals surface area contributed by atoms with Gasteiger partial charge < -0.3 is 101 Å². The van der Waals surface area contributed by atoms with Crippen LogP contribution in [-0.2, 0) is 19.1 Å². The van der Waals surface area contributed by atoms with Crippen LogP contribution in [-0.4, -0.2) is 90.0 Å². The van der Waals surface area contributed by atoms with Crippen molar-refractivity contribution in [3.8, 4) is 92.6 Å². The fourth-order valence-corrected chi connectivity index (χ4v) is 9.09. The van der Waals surface area contributed by atoms with Crippen LogP contribution < -0.4 is 80.6 Å². The summed E-state index contributed by atoms with van der Waals surface area (Å²) in [6.07, 6.45) is 18.5.